The monoisotopic (exact) mass is 435 g/mol. The lowest BCUT2D eigenvalue weighted by atomic mass is 9.90. The number of carbonyl (C=O) groups excluding carboxylic acids is 1. The summed E-state index contributed by atoms with van der Waals surface area (Å²) in [6, 6.07) is 7.10. The quantitative estimate of drug-likeness (QED) is 0.613. The first-order valence-corrected chi connectivity index (χ1v) is 10.9. The second kappa shape index (κ2) is 8.66. The fourth-order valence-corrected chi connectivity index (χ4v) is 3.89. The summed E-state index contributed by atoms with van der Waals surface area (Å²) < 4.78 is 1.82. The average Bonchev–Trinajstić information content (AvgIpc) is 3.43. The maximum absolute atomic E-state index is 12.9. The van der Waals surface area contributed by atoms with E-state index in [-0.39, 0.29) is 11.8 Å². The number of carbonyl (C=O) groups is 1. The lowest BCUT2D eigenvalue weighted by Crippen LogP contribution is -2.33. The van der Waals surface area contributed by atoms with Crippen molar-refractivity contribution in [3.05, 3.63) is 48.2 Å². The van der Waals surface area contributed by atoms with Crippen LogP contribution in [-0.2, 0) is 6.54 Å². The Morgan fingerprint density at radius 3 is 2.78 bits per heavy atom. The first-order valence-electron chi connectivity index (χ1n) is 10.9. The second-order valence-corrected chi connectivity index (χ2v) is 8.69. The molecule has 0 aromatic carbocycles. The zero-order valence-corrected chi connectivity index (χ0v) is 18.9. The van der Waals surface area contributed by atoms with Gasteiger partial charge in [0.15, 0.2) is 0 Å². The molecule has 1 aliphatic heterocycles. The van der Waals surface area contributed by atoms with Crippen molar-refractivity contribution in [3.8, 4) is 11.3 Å². The molecule has 168 valence electrons. The standard InChI is InChI=1S/C23H29N7O2/c1-5-30-13-16(12-24-30)18-7-6-8-19(27-18)22(31)28-20-11-21(26-15(2)25-20)29-10-9-17(14-29)23(3,4)32/h6-8,11-13,17,32H,5,9-10,14H2,1-4H3,(H,25,26,28,31)/t17-/m1/s1. The first kappa shape index (κ1) is 21.9. The van der Waals surface area contributed by atoms with Gasteiger partial charge in [0.05, 0.1) is 17.5 Å². The van der Waals surface area contributed by atoms with Crippen molar-refractivity contribution in [2.45, 2.75) is 46.3 Å². The Balaban J connectivity index is 1.51. The van der Waals surface area contributed by atoms with Gasteiger partial charge in [-0.1, -0.05) is 6.07 Å². The van der Waals surface area contributed by atoms with Crippen LogP contribution in [0.1, 0.15) is 43.5 Å². The molecule has 0 unspecified atom stereocenters. The minimum Gasteiger partial charge on any atom is -0.390 e. The van der Waals surface area contributed by atoms with Crippen LogP contribution in [0.25, 0.3) is 11.3 Å². The van der Waals surface area contributed by atoms with E-state index in [1.165, 1.54) is 0 Å². The molecule has 1 atom stereocenters. The highest BCUT2D eigenvalue weighted by molar-refractivity contribution is 6.02. The highest BCUT2D eigenvalue weighted by Crippen LogP contribution is 2.30. The van der Waals surface area contributed by atoms with E-state index in [2.05, 4.69) is 30.3 Å². The molecule has 9 heteroatoms. The van der Waals surface area contributed by atoms with E-state index < -0.39 is 5.60 Å². The zero-order valence-electron chi connectivity index (χ0n) is 18.9. The summed E-state index contributed by atoms with van der Waals surface area (Å²) >= 11 is 0. The number of hydrogen-bond acceptors (Lipinski definition) is 7. The number of aryl methyl sites for hydroxylation is 2. The Kier molecular flexibility index (Phi) is 5.92. The molecule has 1 amide bonds. The van der Waals surface area contributed by atoms with Crippen LogP contribution in [0.2, 0.25) is 0 Å². The molecule has 9 nitrogen and oxygen atoms in total. The fraction of sp³-hybridized carbons (Fsp3) is 0.435. The third-order valence-electron chi connectivity index (χ3n) is 5.81. The van der Waals surface area contributed by atoms with Crippen molar-refractivity contribution in [2.75, 3.05) is 23.3 Å². The molecule has 4 heterocycles. The SMILES string of the molecule is CCn1cc(-c2cccc(C(=O)Nc3cc(N4CC[C@@H](C(C)(C)O)C4)nc(C)n3)n2)cn1. The predicted octanol–water partition coefficient (Wildman–Crippen LogP) is 2.91. The smallest absolute Gasteiger partial charge is 0.275 e. The Hall–Kier alpha value is -3.33. The van der Waals surface area contributed by atoms with Gasteiger partial charge in [0, 0.05) is 43.4 Å². The zero-order chi connectivity index (χ0) is 22.9. The molecular formula is C23H29N7O2. The van der Waals surface area contributed by atoms with E-state index in [0.29, 0.717) is 29.6 Å². The molecule has 32 heavy (non-hydrogen) atoms. The number of rotatable bonds is 6. The van der Waals surface area contributed by atoms with Crippen LogP contribution >= 0.6 is 0 Å². The number of aliphatic hydroxyl groups is 1. The lowest BCUT2D eigenvalue weighted by Gasteiger charge is -2.26. The Morgan fingerprint density at radius 2 is 2.09 bits per heavy atom. The molecule has 3 aromatic rings. The van der Waals surface area contributed by atoms with Gasteiger partial charge in [-0.15, -0.1) is 0 Å². The average molecular weight is 436 g/mol. The number of nitrogens with one attached hydrogen (secondary N) is 1. The third kappa shape index (κ3) is 4.77. The molecule has 2 N–H and O–H groups in total. The van der Waals surface area contributed by atoms with Gasteiger partial charge in [0.1, 0.15) is 23.2 Å². The summed E-state index contributed by atoms with van der Waals surface area (Å²) in [7, 11) is 0. The summed E-state index contributed by atoms with van der Waals surface area (Å²) in [4.78, 5) is 28.4. The molecule has 1 saturated heterocycles. The highest BCUT2D eigenvalue weighted by Gasteiger charge is 2.34. The molecule has 0 spiro atoms. The van der Waals surface area contributed by atoms with Gasteiger partial charge in [-0.2, -0.15) is 5.10 Å². The van der Waals surface area contributed by atoms with Crippen LogP contribution in [0, 0.1) is 12.8 Å². The lowest BCUT2D eigenvalue weighted by molar-refractivity contribution is 0.0263. The third-order valence-corrected chi connectivity index (χ3v) is 5.81. The van der Waals surface area contributed by atoms with Crippen LogP contribution < -0.4 is 10.2 Å². The van der Waals surface area contributed by atoms with Crippen molar-refractivity contribution < 1.29 is 9.90 Å². The van der Waals surface area contributed by atoms with E-state index in [0.717, 1.165) is 30.9 Å². The van der Waals surface area contributed by atoms with Gasteiger partial charge in [0.2, 0.25) is 0 Å². The van der Waals surface area contributed by atoms with Crippen LogP contribution in [0.4, 0.5) is 11.6 Å². The second-order valence-electron chi connectivity index (χ2n) is 8.69. The van der Waals surface area contributed by atoms with Gasteiger partial charge in [-0.05, 0) is 46.2 Å². The molecule has 3 aromatic heterocycles. The Labute approximate surface area is 187 Å². The number of amides is 1. The van der Waals surface area contributed by atoms with E-state index >= 15 is 0 Å². The van der Waals surface area contributed by atoms with Crippen LogP contribution in [0.15, 0.2) is 36.7 Å². The normalized spacial score (nSPS) is 16.4. The predicted molar refractivity (Wildman–Crippen MR) is 122 cm³/mol. The minimum atomic E-state index is -0.738. The topological polar surface area (TPSA) is 109 Å². The molecular weight excluding hydrogens is 406 g/mol. The molecule has 0 aliphatic carbocycles. The summed E-state index contributed by atoms with van der Waals surface area (Å²) in [5, 5.41) is 17.4. The van der Waals surface area contributed by atoms with Crippen molar-refractivity contribution in [1.82, 2.24) is 24.7 Å². The van der Waals surface area contributed by atoms with Gasteiger partial charge in [-0.25, -0.2) is 15.0 Å². The van der Waals surface area contributed by atoms with Gasteiger partial charge < -0.3 is 15.3 Å². The molecule has 0 bridgehead atoms. The summed E-state index contributed by atoms with van der Waals surface area (Å²) in [6.45, 7) is 9.77. The Morgan fingerprint density at radius 1 is 1.28 bits per heavy atom. The fourth-order valence-electron chi connectivity index (χ4n) is 3.89. The van der Waals surface area contributed by atoms with Crippen molar-refractivity contribution >= 4 is 17.5 Å². The van der Waals surface area contributed by atoms with Crippen LogP contribution in [0.5, 0.6) is 0 Å². The molecule has 4 rings (SSSR count). The maximum Gasteiger partial charge on any atom is 0.275 e. The number of pyridine rings is 1. The van der Waals surface area contributed by atoms with Gasteiger partial charge >= 0.3 is 0 Å². The maximum atomic E-state index is 12.9. The van der Waals surface area contributed by atoms with Gasteiger partial charge in [0.25, 0.3) is 5.91 Å². The molecule has 0 saturated carbocycles. The number of anilines is 2. The van der Waals surface area contributed by atoms with Crippen molar-refractivity contribution in [3.63, 3.8) is 0 Å². The van der Waals surface area contributed by atoms with Crippen LogP contribution in [0.3, 0.4) is 0 Å². The van der Waals surface area contributed by atoms with E-state index in [1.807, 2.05) is 37.7 Å². The Bertz CT molecular complexity index is 1120. The molecule has 0 radical (unpaired) electrons. The highest BCUT2D eigenvalue weighted by atomic mass is 16.3. The summed E-state index contributed by atoms with van der Waals surface area (Å²) in [5.74, 6) is 1.57. The van der Waals surface area contributed by atoms with Crippen molar-refractivity contribution in [2.24, 2.45) is 5.92 Å². The largest absolute Gasteiger partial charge is 0.390 e. The number of aromatic nitrogens is 5. The van der Waals surface area contributed by atoms with E-state index in [1.54, 1.807) is 31.3 Å². The van der Waals surface area contributed by atoms with E-state index in [4.69, 9.17) is 0 Å². The van der Waals surface area contributed by atoms with Crippen LogP contribution in [-0.4, -0.2) is 54.4 Å². The molecule has 1 aliphatic rings. The number of hydrogen-bond donors (Lipinski definition) is 2. The van der Waals surface area contributed by atoms with Gasteiger partial charge in [-0.3, -0.25) is 9.48 Å². The minimum absolute atomic E-state index is 0.166. The molecule has 1 fully saturated rings. The van der Waals surface area contributed by atoms with Crippen molar-refractivity contribution in [1.29, 1.82) is 0 Å². The summed E-state index contributed by atoms with van der Waals surface area (Å²) in [6.07, 6.45) is 4.53. The number of nitrogens with zero attached hydrogens (tertiary/aromatic N) is 6. The first-order chi connectivity index (χ1) is 15.2. The summed E-state index contributed by atoms with van der Waals surface area (Å²) in [5.41, 5.74) is 1.11. The van der Waals surface area contributed by atoms with E-state index in [9.17, 15) is 9.90 Å².